The van der Waals surface area contributed by atoms with Crippen molar-refractivity contribution in [3.05, 3.63) is 52.7 Å². The van der Waals surface area contributed by atoms with Crippen LogP contribution < -0.4 is 21.7 Å². The first-order valence-electron chi connectivity index (χ1n) is 6.07. The van der Waals surface area contributed by atoms with Crippen LogP contribution in [0.4, 0.5) is 0 Å². The molecular formula is C13H16N4O3. The van der Waals surface area contributed by atoms with E-state index in [-0.39, 0.29) is 11.6 Å². The fraction of sp³-hybridized carbons (Fsp3) is 0.231. The van der Waals surface area contributed by atoms with E-state index in [0.29, 0.717) is 24.5 Å². The molecule has 0 radical (unpaired) electrons. The van der Waals surface area contributed by atoms with E-state index in [9.17, 15) is 9.59 Å². The maximum Gasteiger partial charge on any atom is 0.327 e. The van der Waals surface area contributed by atoms with Crippen molar-refractivity contribution in [2.45, 2.75) is 6.54 Å². The van der Waals surface area contributed by atoms with Gasteiger partial charge < -0.3 is 9.30 Å². The van der Waals surface area contributed by atoms with Gasteiger partial charge in [0, 0.05) is 25.0 Å². The zero-order valence-electron chi connectivity index (χ0n) is 11.1. The standard InChI is InChI=1S/C13H16N4O3/c1-16-6-7-17(13(16)19)8-9-20-11-4-2-10(3-5-11)12(18)15-14/h2-7H,8-9,14H2,1H3,(H,15,18). The Hall–Kier alpha value is -2.54. The number of aromatic nitrogens is 2. The van der Waals surface area contributed by atoms with E-state index in [2.05, 4.69) is 5.43 Å². The van der Waals surface area contributed by atoms with Gasteiger partial charge in [0.25, 0.3) is 5.91 Å². The van der Waals surface area contributed by atoms with Crippen LogP contribution in [0, 0.1) is 0 Å². The number of amides is 1. The second-order valence-corrected chi connectivity index (χ2v) is 4.23. The maximum atomic E-state index is 11.6. The third-order valence-electron chi connectivity index (χ3n) is 2.87. The Balaban J connectivity index is 1.90. The number of nitrogens with zero attached hydrogens (tertiary/aromatic N) is 2. The van der Waals surface area contributed by atoms with Gasteiger partial charge in [0.2, 0.25) is 0 Å². The summed E-state index contributed by atoms with van der Waals surface area (Å²) in [6.07, 6.45) is 3.41. The Kier molecular flexibility index (Phi) is 4.21. The molecule has 1 aromatic carbocycles. The molecule has 1 amide bonds. The second-order valence-electron chi connectivity index (χ2n) is 4.23. The van der Waals surface area contributed by atoms with Gasteiger partial charge in [-0.2, -0.15) is 0 Å². The molecule has 106 valence electrons. The van der Waals surface area contributed by atoms with Crippen LogP contribution in [-0.4, -0.2) is 21.6 Å². The van der Waals surface area contributed by atoms with E-state index in [1.54, 1.807) is 48.3 Å². The first kappa shape index (κ1) is 13.9. The summed E-state index contributed by atoms with van der Waals surface area (Å²) in [5.74, 6) is 5.31. The quantitative estimate of drug-likeness (QED) is 0.452. The number of benzene rings is 1. The van der Waals surface area contributed by atoms with E-state index in [0.717, 1.165) is 0 Å². The van der Waals surface area contributed by atoms with Crippen molar-refractivity contribution in [3.63, 3.8) is 0 Å². The summed E-state index contributed by atoms with van der Waals surface area (Å²) < 4.78 is 8.58. The number of hydrogen-bond donors (Lipinski definition) is 2. The monoisotopic (exact) mass is 276 g/mol. The molecule has 0 unspecified atom stereocenters. The number of carbonyl (C=O) groups is 1. The van der Waals surface area contributed by atoms with Crippen molar-refractivity contribution in [2.75, 3.05) is 6.61 Å². The van der Waals surface area contributed by atoms with Crippen LogP contribution >= 0.6 is 0 Å². The predicted molar refractivity (Wildman–Crippen MR) is 73.3 cm³/mol. The van der Waals surface area contributed by atoms with Crippen molar-refractivity contribution < 1.29 is 9.53 Å². The second kappa shape index (κ2) is 6.07. The molecule has 7 heteroatoms. The molecule has 0 spiro atoms. The van der Waals surface area contributed by atoms with E-state index in [1.165, 1.54) is 4.57 Å². The largest absolute Gasteiger partial charge is 0.492 e. The van der Waals surface area contributed by atoms with Gasteiger partial charge in [-0.05, 0) is 24.3 Å². The number of nitrogens with one attached hydrogen (secondary N) is 1. The first-order valence-corrected chi connectivity index (χ1v) is 6.07. The number of ether oxygens (including phenoxy) is 1. The minimum atomic E-state index is -0.354. The van der Waals surface area contributed by atoms with Crippen LogP contribution in [0.2, 0.25) is 0 Å². The molecule has 0 bridgehead atoms. The highest BCUT2D eigenvalue weighted by Crippen LogP contribution is 2.11. The van der Waals surface area contributed by atoms with Crippen LogP contribution in [0.15, 0.2) is 41.5 Å². The van der Waals surface area contributed by atoms with Gasteiger partial charge in [0.15, 0.2) is 0 Å². The van der Waals surface area contributed by atoms with Crippen LogP contribution in [0.1, 0.15) is 10.4 Å². The zero-order valence-corrected chi connectivity index (χ0v) is 11.1. The molecule has 0 aliphatic carbocycles. The van der Waals surface area contributed by atoms with Crippen LogP contribution in [0.5, 0.6) is 5.75 Å². The number of aryl methyl sites for hydroxylation is 1. The van der Waals surface area contributed by atoms with E-state index in [1.807, 2.05) is 0 Å². The summed E-state index contributed by atoms with van der Waals surface area (Å²) in [6.45, 7) is 0.830. The van der Waals surface area contributed by atoms with Gasteiger partial charge in [-0.15, -0.1) is 0 Å². The number of imidazole rings is 1. The smallest absolute Gasteiger partial charge is 0.327 e. The molecule has 0 fully saturated rings. The van der Waals surface area contributed by atoms with E-state index >= 15 is 0 Å². The minimum Gasteiger partial charge on any atom is -0.492 e. The topological polar surface area (TPSA) is 91.3 Å². The predicted octanol–water partition coefficient (Wildman–Crippen LogP) is -0.131. The first-order chi connectivity index (χ1) is 9.61. The molecule has 3 N–H and O–H groups in total. The SMILES string of the molecule is Cn1ccn(CCOc2ccc(C(=O)NN)cc2)c1=O. The molecule has 1 aromatic heterocycles. The summed E-state index contributed by atoms with van der Waals surface area (Å²) in [5, 5.41) is 0. The average molecular weight is 276 g/mol. The molecular weight excluding hydrogens is 260 g/mol. The average Bonchev–Trinajstić information content (AvgIpc) is 2.79. The van der Waals surface area contributed by atoms with Gasteiger partial charge >= 0.3 is 5.69 Å². The van der Waals surface area contributed by atoms with Crippen LogP contribution in [0.25, 0.3) is 0 Å². The van der Waals surface area contributed by atoms with Crippen molar-refractivity contribution in [1.82, 2.24) is 14.6 Å². The van der Waals surface area contributed by atoms with Crippen molar-refractivity contribution in [3.8, 4) is 5.75 Å². The maximum absolute atomic E-state index is 11.6. The molecule has 20 heavy (non-hydrogen) atoms. The summed E-state index contributed by atoms with van der Waals surface area (Å²) in [5.41, 5.74) is 2.43. The highest BCUT2D eigenvalue weighted by molar-refractivity contribution is 5.93. The molecule has 0 saturated carbocycles. The number of rotatable bonds is 5. The number of hydrogen-bond acceptors (Lipinski definition) is 4. The minimum absolute atomic E-state index is 0.0800. The Bertz CT molecular complexity index is 642. The van der Waals surface area contributed by atoms with E-state index in [4.69, 9.17) is 10.6 Å². The molecule has 7 nitrogen and oxygen atoms in total. The summed E-state index contributed by atoms with van der Waals surface area (Å²) in [6, 6.07) is 6.59. The van der Waals surface area contributed by atoms with Crippen LogP contribution in [0.3, 0.4) is 0 Å². The zero-order chi connectivity index (χ0) is 14.5. The lowest BCUT2D eigenvalue weighted by atomic mass is 10.2. The Morgan fingerprint density at radius 3 is 2.55 bits per heavy atom. The fourth-order valence-corrected chi connectivity index (χ4v) is 1.73. The van der Waals surface area contributed by atoms with Crippen molar-refractivity contribution >= 4 is 5.91 Å². The summed E-state index contributed by atoms with van der Waals surface area (Å²) >= 11 is 0. The van der Waals surface area contributed by atoms with Crippen LogP contribution in [-0.2, 0) is 13.6 Å². The third kappa shape index (κ3) is 3.07. The number of carbonyl (C=O) groups excluding carboxylic acids is 1. The lowest BCUT2D eigenvalue weighted by Gasteiger charge is -2.07. The molecule has 0 aliphatic heterocycles. The molecule has 0 saturated heterocycles. The molecule has 2 aromatic rings. The van der Waals surface area contributed by atoms with Gasteiger partial charge in [0.1, 0.15) is 12.4 Å². The Labute approximate surface area is 115 Å². The lowest BCUT2D eigenvalue weighted by Crippen LogP contribution is -2.29. The fourth-order valence-electron chi connectivity index (χ4n) is 1.73. The van der Waals surface area contributed by atoms with Gasteiger partial charge in [0.05, 0.1) is 6.54 Å². The van der Waals surface area contributed by atoms with Gasteiger partial charge in [-0.25, -0.2) is 10.6 Å². The summed E-state index contributed by atoms with van der Waals surface area (Å²) in [4.78, 5) is 22.8. The summed E-state index contributed by atoms with van der Waals surface area (Å²) in [7, 11) is 1.70. The Morgan fingerprint density at radius 2 is 2.00 bits per heavy atom. The number of nitrogen functional groups attached to an aromatic ring is 1. The molecule has 2 rings (SSSR count). The molecule has 0 aliphatic rings. The van der Waals surface area contributed by atoms with Gasteiger partial charge in [-0.1, -0.05) is 0 Å². The third-order valence-corrected chi connectivity index (χ3v) is 2.87. The number of hydrazine groups is 1. The van der Waals surface area contributed by atoms with Crippen molar-refractivity contribution in [1.29, 1.82) is 0 Å². The highest BCUT2D eigenvalue weighted by atomic mass is 16.5. The number of nitrogens with two attached hydrogens (primary N) is 1. The molecule has 1 heterocycles. The Morgan fingerprint density at radius 1 is 1.30 bits per heavy atom. The molecule has 0 atom stereocenters. The lowest BCUT2D eigenvalue weighted by molar-refractivity contribution is 0.0953. The van der Waals surface area contributed by atoms with Gasteiger partial charge in [-0.3, -0.25) is 14.8 Å². The normalized spacial score (nSPS) is 10.3. The van der Waals surface area contributed by atoms with Crippen molar-refractivity contribution in [2.24, 2.45) is 12.9 Å². The van der Waals surface area contributed by atoms with E-state index < -0.39 is 0 Å². The highest BCUT2D eigenvalue weighted by Gasteiger charge is 2.03.